The number of nitrogens with zero attached hydrogens (tertiary/aromatic N) is 1. The Morgan fingerprint density at radius 3 is 2.85 bits per heavy atom. The van der Waals surface area contributed by atoms with Crippen LogP contribution < -0.4 is 15.6 Å². The summed E-state index contributed by atoms with van der Waals surface area (Å²) in [7, 11) is 0. The second-order valence-electron chi connectivity index (χ2n) is 5.17. The van der Waals surface area contributed by atoms with E-state index in [1.165, 1.54) is 18.5 Å². The lowest BCUT2D eigenvalue weighted by Crippen LogP contribution is -2.25. The first kappa shape index (κ1) is 18.0. The Labute approximate surface area is 158 Å². The van der Waals surface area contributed by atoms with Gasteiger partial charge in [-0.1, -0.05) is 35.3 Å². The van der Waals surface area contributed by atoms with Gasteiger partial charge in [0.25, 0.3) is 5.91 Å². The van der Waals surface area contributed by atoms with E-state index in [2.05, 4.69) is 10.5 Å². The van der Waals surface area contributed by atoms with Crippen LogP contribution in [0.5, 0.6) is 5.75 Å². The third-order valence-corrected chi connectivity index (χ3v) is 3.90. The number of ether oxygens (including phenoxy) is 1. The summed E-state index contributed by atoms with van der Waals surface area (Å²) in [5, 5.41) is 4.88. The fraction of sp³-hybridized carbons (Fsp3) is 0.0556. The number of rotatable bonds is 5. The van der Waals surface area contributed by atoms with Gasteiger partial charge in [-0.05, 0) is 30.3 Å². The summed E-state index contributed by atoms with van der Waals surface area (Å²) in [5.74, 6) is -0.116. The number of para-hydroxylation sites is 1. The first-order valence-corrected chi connectivity index (χ1v) is 8.20. The van der Waals surface area contributed by atoms with Crippen LogP contribution in [-0.2, 0) is 4.79 Å². The molecule has 3 rings (SSSR count). The average Bonchev–Trinajstić information content (AvgIpc) is 2.63. The van der Waals surface area contributed by atoms with Crippen LogP contribution in [-0.4, -0.2) is 18.7 Å². The summed E-state index contributed by atoms with van der Waals surface area (Å²) in [4.78, 5) is 24.1. The second kappa shape index (κ2) is 8.03. The Hall–Kier alpha value is -2.83. The molecule has 0 saturated carbocycles. The number of hydrogen-bond donors (Lipinski definition) is 1. The number of hydrogen-bond acceptors (Lipinski definition) is 5. The van der Waals surface area contributed by atoms with E-state index in [-0.39, 0.29) is 17.6 Å². The van der Waals surface area contributed by atoms with Gasteiger partial charge >= 0.3 is 0 Å². The zero-order valence-electron chi connectivity index (χ0n) is 13.2. The van der Waals surface area contributed by atoms with Crippen molar-refractivity contribution in [3.63, 3.8) is 0 Å². The summed E-state index contributed by atoms with van der Waals surface area (Å²) < 4.78 is 10.6. The smallest absolute Gasteiger partial charge is 0.277 e. The molecule has 0 unspecified atom stereocenters. The fourth-order valence-corrected chi connectivity index (χ4v) is 2.48. The fourth-order valence-electron chi connectivity index (χ4n) is 2.12. The van der Waals surface area contributed by atoms with Gasteiger partial charge in [0.2, 0.25) is 5.43 Å². The molecule has 0 atom stereocenters. The average molecular weight is 391 g/mol. The highest BCUT2D eigenvalue weighted by atomic mass is 35.5. The molecule has 0 aliphatic rings. The number of carbonyl (C=O) groups is 1. The SMILES string of the molecule is O=C(COc1ccccc1Cl)N/N=C/c1coc2ccc(Cl)cc2c1=O. The summed E-state index contributed by atoms with van der Waals surface area (Å²) in [6.07, 6.45) is 2.45. The number of amides is 1. The Kier molecular flexibility index (Phi) is 5.55. The van der Waals surface area contributed by atoms with Crippen molar-refractivity contribution in [1.82, 2.24) is 5.43 Å². The van der Waals surface area contributed by atoms with E-state index < -0.39 is 5.91 Å². The van der Waals surface area contributed by atoms with Gasteiger partial charge in [-0.15, -0.1) is 0 Å². The summed E-state index contributed by atoms with van der Waals surface area (Å²) in [6, 6.07) is 11.5. The Morgan fingerprint density at radius 1 is 1.23 bits per heavy atom. The molecule has 0 bridgehead atoms. The Bertz CT molecular complexity index is 1050. The topological polar surface area (TPSA) is 80.9 Å². The molecule has 1 amide bonds. The van der Waals surface area contributed by atoms with Gasteiger partial charge < -0.3 is 9.15 Å². The number of benzene rings is 2. The third kappa shape index (κ3) is 4.22. The molecule has 0 spiro atoms. The molecule has 132 valence electrons. The van der Waals surface area contributed by atoms with Crippen molar-refractivity contribution in [2.75, 3.05) is 6.61 Å². The van der Waals surface area contributed by atoms with Gasteiger partial charge in [-0.25, -0.2) is 5.43 Å². The first-order chi connectivity index (χ1) is 12.5. The van der Waals surface area contributed by atoms with Gasteiger partial charge in [0, 0.05) is 5.02 Å². The lowest BCUT2D eigenvalue weighted by molar-refractivity contribution is -0.123. The minimum absolute atomic E-state index is 0.173. The minimum Gasteiger partial charge on any atom is -0.482 e. The number of carbonyl (C=O) groups excluding carboxylic acids is 1. The summed E-state index contributed by atoms with van der Waals surface area (Å²) in [5.41, 5.74) is 2.54. The lowest BCUT2D eigenvalue weighted by Gasteiger charge is -2.06. The molecule has 1 N–H and O–H groups in total. The number of fused-ring (bicyclic) bond motifs is 1. The summed E-state index contributed by atoms with van der Waals surface area (Å²) in [6.45, 7) is -0.275. The van der Waals surface area contributed by atoms with E-state index in [9.17, 15) is 9.59 Å². The highest BCUT2D eigenvalue weighted by molar-refractivity contribution is 6.32. The Balaban J connectivity index is 1.64. The minimum atomic E-state index is -0.505. The van der Waals surface area contributed by atoms with E-state index >= 15 is 0 Å². The molecule has 0 aliphatic carbocycles. The van der Waals surface area contributed by atoms with Crippen LogP contribution in [0.1, 0.15) is 5.56 Å². The first-order valence-electron chi connectivity index (χ1n) is 7.45. The van der Waals surface area contributed by atoms with Crippen molar-refractivity contribution >= 4 is 46.3 Å². The number of halogens is 2. The standard InChI is InChI=1S/C18H12Cl2N2O4/c19-12-5-6-15-13(7-12)18(24)11(9-25-15)8-21-22-17(23)10-26-16-4-2-1-3-14(16)20/h1-9H,10H2,(H,22,23)/b21-8+. The molecule has 0 saturated heterocycles. The van der Waals surface area contributed by atoms with Crippen LogP contribution >= 0.6 is 23.2 Å². The monoisotopic (exact) mass is 390 g/mol. The van der Waals surface area contributed by atoms with Gasteiger partial charge in [-0.2, -0.15) is 5.10 Å². The van der Waals surface area contributed by atoms with Crippen molar-refractivity contribution in [2.24, 2.45) is 5.10 Å². The van der Waals surface area contributed by atoms with Crippen molar-refractivity contribution in [3.8, 4) is 5.75 Å². The van der Waals surface area contributed by atoms with Crippen molar-refractivity contribution in [1.29, 1.82) is 0 Å². The van der Waals surface area contributed by atoms with Gasteiger partial charge in [0.1, 0.15) is 17.6 Å². The quantitative estimate of drug-likeness (QED) is 0.532. The molecule has 0 radical (unpaired) electrons. The van der Waals surface area contributed by atoms with E-state index in [0.29, 0.717) is 26.8 Å². The molecule has 1 heterocycles. The Morgan fingerprint density at radius 2 is 2.04 bits per heavy atom. The van der Waals surface area contributed by atoms with Gasteiger partial charge in [0.05, 0.1) is 22.2 Å². The van der Waals surface area contributed by atoms with Crippen LogP contribution in [0.4, 0.5) is 0 Å². The van der Waals surface area contributed by atoms with Crippen molar-refractivity contribution in [2.45, 2.75) is 0 Å². The second-order valence-corrected chi connectivity index (χ2v) is 6.02. The molecule has 0 fully saturated rings. The highest BCUT2D eigenvalue weighted by Crippen LogP contribution is 2.22. The largest absolute Gasteiger partial charge is 0.482 e. The van der Waals surface area contributed by atoms with Crippen molar-refractivity contribution < 1.29 is 13.9 Å². The number of hydrazone groups is 1. The maximum atomic E-state index is 12.3. The zero-order valence-corrected chi connectivity index (χ0v) is 14.8. The molecule has 0 aliphatic heterocycles. The number of nitrogens with one attached hydrogen (secondary N) is 1. The van der Waals surface area contributed by atoms with Crippen LogP contribution in [0.15, 0.2) is 63.0 Å². The third-order valence-electron chi connectivity index (χ3n) is 3.35. The molecular formula is C18H12Cl2N2O4. The highest BCUT2D eigenvalue weighted by Gasteiger charge is 2.07. The molecule has 26 heavy (non-hydrogen) atoms. The predicted molar refractivity (Wildman–Crippen MR) is 100 cm³/mol. The van der Waals surface area contributed by atoms with E-state index in [0.717, 1.165) is 0 Å². The molecule has 6 nitrogen and oxygen atoms in total. The van der Waals surface area contributed by atoms with Crippen LogP contribution in [0.2, 0.25) is 10.0 Å². The zero-order chi connectivity index (χ0) is 18.5. The molecule has 2 aromatic carbocycles. The molecule has 3 aromatic rings. The maximum absolute atomic E-state index is 12.3. The predicted octanol–water partition coefficient (Wildman–Crippen LogP) is 3.63. The van der Waals surface area contributed by atoms with Crippen LogP contribution in [0, 0.1) is 0 Å². The van der Waals surface area contributed by atoms with E-state index in [4.69, 9.17) is 32.4 Å². The molecule has 1 aromatic heterocycles. The van der Waals surface area contributed by atoms with E-state index in [1.807, 2.05) is 0 Å². The van der Waals surface area contributed by atoms with Crippen molar-refractivity contribution in [3.05, 3.63) is 74.6 Å². The molecule has 8 heteroatoms. The maximum Gasteiger partial charge on any atom is 0.277 e. The van der Waals surface area contributed by atoms with Crippen LogP contribution in [0.3, 0.4) is 0 Å². The molecular weight excluding hydrogens is 379 g/mol. The normalized spacial score (nSPS) is 11.0. The van der Waals surface area contributed by atoms with Gasteiger partial charge in [-0.3, -0.25) is 9.59 Å². The lowest BCUT2D eigenvalue weighted by atomic mass is 10.2. The van der Waals surface area contributed by atoms with E-state index in [1.54, 1.807) is 36.4 Å². The van der Waals surface area contributed by atoms with Crippen LogP contribution in [0.25, 0.3) is 11.0 Å². The summed E-state index contributed by atoms with van der Waals surface area (Å²) >= 11 is 11.8. The van der Waals surface area contributed by atoms with Gasteiger partial charge in [0.15, 0.2) is 6.61 Å².